The molecule has 158 valence electrons. The molecule has 10 heteroatoms. The minimum absolute atomic E-state index is 0.140. The number of hydrogen-bond donors (Lipinski definition) is 2. The van der Waals surface area contributed by atoms with Gasteiger partial charge in [-0.05, 0) is 35.9 Å². The van der Waals surface area contributed by atoms with Crippen LogP contribution in [-0.2, 0) is 13.2 Å². The maximum absolute atomic E-state index is 12.9. The van der Waals surface area contributed by atoms with Gasteiger partial charge in [-0.25, -0.2) is 19.3 Å². The number of hydrogen-bond acceptors (Lipinski definition) is 7. The second-order valence-corrected chi connectivity index (χ2v) is 6.97. The molecule has 0 aliphatic carbocycles. The number of fused-ring (bicyclic) bond motifs is 1. The minimum Gasteiger partial charge on any atom is -0.353 e. The number of nitrogens with one attached hydrogen (secondary N) is 2. The van der Waals surface area contributed by atoms with Gasteiger partial charge in [0.15, 0.2) is 5.82 Å². The van der Waals surface area contributed by atoms with Crippen molar-refractivity contribution in [2.45, 2.75) is 13.2 Å². The molecule has 1 aromatic carbocycles. The lowest BCUT2D eigenvalue weighted by atomic mass is 10.2. The lowest BCUT2D eigenvalue weighted by molar-refractivity contribution is 0.0945. The zero-order valence-corrected chi connectivity index (χ0v) is 16.6. The van der Waals surface area contributed by atoms with E-state index in [-0.39, 0.29) is 18.1 Å². The summed E-state index contributed by atoms with van der Waals surface area (Å²) >= 11 is 0. The van der Waals surface area contributed by atoms with E-state index in [0.717, 1.165) is 5.56 Å². The summed E-state index contributed by atoms with van der Waals surface area (Å²) in [6, 6.07) is 12.0. The summed E-state index contributed by atoms with van der Waals surface area (Å²) in [5, 5.41) is 6.74. The number of aromatic nitrogens is 6. The first-order valence-electron chi connectivity index (χ1n) is 9.71. The van der Waals surface area contributed by atoms with E-state index in [2.05, 4.69) is 35.4 Å². The third-order valence-electron chi connectivity index (χ3n) is 4.78. The van der Waals surface area contributed by atoms with Crippen molar-refractivity contribution >= 4 is 16.9 Å². The lowest BCUT2D eigenvalue weighted by Gasteiger charge is -2.04. The molecule has 0 aliphatic heterocycles. The van der Waals surface area contributed by atoms with Gasteiger partial charge in [0, 0.05) is 24.0 Å². The van der Waals surface area contributed by atoms with Crippen molar-refractivity contribution in [1.82, 2.24) is 35.4 Å². The summed E-state index contributed by atoms with van der Waals surface area (Å²) < 4.78 is 18.2. The van der Waals surface area contributed by atoms with E-state index in [1.54, 1.807) is 48.8 Å². The van der Waals surface area contributed by atoms with Gasteiger partial charge < -0.3 is 14.8 Å². The van der Waals surface area contributed by atoms with Gasteiger partial charge in [0.25, 0.3) is 5.91 Å². The van der Waals surface area contributed by atoms with Gasteiger partial charge in [0.1, 0.15) is 24.4 Å². The van der Waals surface area contributed by atoms with E-state index in [0.29, 0.717) is 39.6 Å². The highest BCUT2D eigenvalue weighted by atomic mass is 19.1. The Kier molecular flexibility index (Phi) is 5.08. The monoisotopic (exact) mass is 429 g/mol. The van der Waals surface area contributed by atoms with Crippen molar-refractivity contribution in [3.8, 4) is 22.8 Å². The highest BCUT2D eigenvalue weighted by Gasteiger charge is 2.14. The van der Waals surface area contributed by atoms with Gasteiger partial charge in [-0.2, -0.15) is 0 Å². The number of H-pyrrole nitrogens is 1. The van der Waals surface area contributed by atoms with Gasteiger partial charge in [-0.3, -0.25) is 9.78 Å². The Morgan fingerprint density at radius 1 is 1.16 bits per heavy atom. The van der Waals surface area contributed by atoms with Gasteiger partial charge in [-0.1, -0.05) is 11.2 Å². The quantitative estimate of drug-likeness (QED) is 0.424. The number of alkyl halides is 1. The molecule has 0 unspecified atom stereocenters. The Labute approximate surface area is 180 Å². The van der Waals surface area contributed by atoms with Crippen LogP contribution in [0.1, 0.15) is 21.7 Å². The molecular weight excluding hydrogens is 413 g/mol. The summed E-state index contributed by atoms with van der Waals surface area (Å²) in [5.74, 6) is 0.510. The minimum atomic E-state index is -0.549. The van der Waals surface area contributed by atoms with E-state index in [1.165, 1.54) is 6.33 Å². The van der Waals surface area contributed by atoms with E-state index >= 15 is 0 Å². The number of benzene rings is 1. The van der Waals surface area contributed by atoms with Gasteiger partial charge >= 0.3 is 0 Å². The van der Waals surface area contributed by atoms with Crippen LogP contribution < -0.4 is 5.32 Å². The summed E-state index contributed by atoms with van der Waals surface area (Å²) in [5.41, 5.74) is 4.08. The zero-order chi connectivity index (χ0) is 21.9. The topological polar surface area (TPSA) is 122 Å². The Morgan fingerprint density at radius 3 is 2.94 bits per heavy atom. The second kappa shape index (κ2) is 8.34. The average Bonchev–Trinajstić information content (AvgIpc) is 3.49. The van der Waals surface area contributed by atoms with Crippen LogP contribution in [0.2, 0.25) is 0 Å². The Hall–Kier alpha value is -4.47. The first kappa shape index (κ1) is 19.5. The molecule has 0 aliphatic rings. The number of amides is 1. The molecule has 0 saturated heterocycles. The fourth-order valence-electron chi connectivity index (χ4n) is 3.18. The standard InChI is InChI=1S/C22H16FN7O2/c23-9-13-3-4-16-18(6-13)29-21(28-16)20-7-15(30-32-20)11-25-22(31)19-8-17(26-12-27-19)14-2-1-5-24-10-14/h1-8,10,12H,9,11H2,(H,25,31)(H,28,29). The molecule has 0 radical (unpaired) electrons. The zero-order valence-electron chi connectivity index (χ0n) is 16.6. The van der Waals surface area contributed by atoms with Crippen LogP contribution in [0.5, 0.6) is 0 Å². The Balaban J connectivity index is 1.28. The van der Waals surface area contributed by atoms with Gasteiger partial charge in [0.2, 0.25) is 5.76 Å². The maximum Gasteiger partial charge on any atom is 0.270 e. The highest BCUT2D eigenvalue weighted by molar-refractivity contribution is 5.93. The van der Waals surface area contributed by atoms with E-state index in [4.69, 9.17) is 4.52 Å². The predicted octanol–water partition coefficient (Wildman–Crippen LogP) is 3.47. The van der Waals surface area contributed by atoms with Crippen molar-refractivity contribution in [3.63, 3.8) is 0 Å². The number of nitrogens with zero attached hydrogens (tertiary/aromatic N) is 5. The van der Waals surface area contributed by atoms with Crippen LogP contribution in [0.3, 0.4) is 0 Å². The van der Waals surface area contributed by atoms with Crippen LogP contribution in [0.25, 0.3) is 33.9 Å². The Bertz CT molecular complexity index is 1400. The molecule has 0 spiro atoms. The van der Waals surface area contributed by atoms with Crippen LogP contribution >= 0.6 is 0 Å². The third-order valence-corrected chi connectivity index (χ3v) is 4.78. The van der Waals surface area contributed by atoms with Crippen LogP contribution in [0.15, 0.2) is 65.7 Å². The number of pyridine rings is 1. The number of halogens is 1. The normalized spacial score (nSPS) is 11.0. The largest absolute Gasteiger partial charge is 0.353 e. The van der Waals surface area contributed by atoms with E-state index < -0.39 is 6.67 Å². The number of imidazole rings is 1. The predicted molar refractivity (Wildman–Crippen MR) is 113 cm³/mol. The molecule has 0 atom stereocenters. The summed E-state index contributed by atoms with van der Waals surface area (Å²) in [6.45, 7) is -0.409. The maximum atomic E-state index is 12.9. The third kappa shape index (κ3) is 3.93. The summed E-state index contributed by atoms with van der Waals surface area (Å²) in [7, 11) is 0. The van der Waals surface area contributed by atoms with Crippen LogP contribution in [0.4, 0.5) is 4.39 Å². The van der Waals surface area contributed by atoms with Crippen molar-refractivity contribution in [2.24, 2.45) is 0 Å². The number of carbonyl (C=O) groups is 1. The van der Waals surface area contributed by atoms with Crippen LogP contribution in [0, 0.1) is 0 Å². The van der Waals surface area contributed by atoms with Crippen molar-refractivity contribution in [1.29, 1.82) is 0 Å². The molecule has 9 nitrogen and oxygen atoms in total. The number of rotatable bonds is 6. The molecule has 32 heavy (non-hydrogen) atoms. The molecule has 0 bridgehead atoms. The van der Waals surface area contributed by atoms with E-state index in [9.17, 15) is 9.18 Å². The molecule has 5 rings (SSSR count). The first-order chi connectivity index (χ1) is 15.7. The SMILES string of the molecule is O=C(NCc1cc(-c2nc3ccc(CF)cc3[nH]2)on1)c1cc(-c2cccnc2)ncn1. The van der Waals surface area contributed by atoms with Crippen molar-refractivity contribution < 1.29 is 13.7 Å². The number of aromatic amines is 1. The van der Waals surface area contributed by atoms with Gasteiger partial charge in [-0.15, -0.1) is 0 Å². The van der Waals surface area contributed by atoms with Crippen molar-refractivity contribution in [2.75, 3.05) is 0 Å². The molecular formula is C22H16FN7O2. The molecule has 4 heterocycles. The molecule has 0 saturated carbocycles. The summed E-state index contributed by atoms with van der Waals surface area (Å²) in [6.07, 6.45) is 4.66. The van der Waals surface area contributed by atoms with Crippen LogP contribution in [-0.4, -0.2) is 36.0 Å². The van der Waals surface area contributed by atoms with Gasteiger partial charge in [0.05, 0.1) is 23.3 Å². The fraction of sp³-hybridized carbons (Fsp3) is 0.0909. The number of carbonyl (C=O) groups excluding carboxylic acids is 1. The van der Waals surface area contributed by atoms with Crippen molar-refractivity contribution in [3.05, 3.63) is 78.1 Å². The highest BCUT2D eigenvalue weighted by Crippen LogP contribution is 2.22. The molecule has 0 fully saturated rings. The molecule has 2 N–H and O–H groups in total. The molecule has 1 amide bonds. The summed E-state index contributed by atoms with van der Waals surface area (Å²) in [4.78, 5) is 32.3. The smallest absolute Gasteiger partial charge is 0.270 e. The Morgan fingerprint density at radius 2 is 2.09 bits per heavy atom. The molecule has 4 aromatic heterocycles. The molecule has 5 aromatic rings. The van der Waals surface area contributed by atoms with E-state index in [1.807, 2.05) is 6.07 Å². The lowest BCUT2D eigenvalue weighted by Crippen LogP contribution is -2.24. The second-order valence-electron chi connectivity index (χ2n) is 6.97. The first-order valence-corrected chi connectivity index (χ1v) is 9.71. The average molecular weight is 429 g/mol. The fourth-order valence-corrected chi connectivity index (χ4v) is 3.18.